The molecule has 0 bridgehead atoms. The third-order valence-corrected chi connectivity index (χ3v) is 2.32. The largest absolute Gasteiger partial charge is 0.370 e. The summed E-state index contributed by atoms with van der Waals surface area (Å²) in [5, 5.41) is 0.660. The molecule has 0 aliphatic heterocycles. The van der Waals surface area contributed by atoms with Crippen LogP contribution in [0.4, 0.5) is 15.9 Å². The molecule has 0 fully saturated rings. The van der Waals surface area contributed by atoms with Crippen molar-refractivity contribution < 1.29 is 4.48 Å². The Hall–Kier alpha value is -1.25. The van der Waals surface area contributed by atoms with E-state index in [-0.39, 0.29) is 0 Å². The molecule has 78 valence electrons. The van der Waals surface area contributed by atoms with Crippen LogP contribution in [0.25, 0.3) is 0 Å². The molecule has 14 heavy (non-hydrogen) atoms. The Morgan fingerprint density at radius 1 is 1.07 bits per heavy atom. The fourth-order valence-electron chi connectivity index (χ4n) is 1.56. The first-order valence-electron chi connectivity index (χ1n) is 4.94. The molecule has 3 heteroatoms. The highest BCUT2D eigenvalue weighted by atomic mass is 19.2. The molecule has 0 atom stereocenters. The smallest absolute Gasteiger partial charge is 0.0917 e. The van der Waals surface area contributed by atoms with Gasteiger partial charge in [-0.15, -0.1) is 4.48 Å². The molecule has 0 aromatic heterocycles. The highest BCUT2D eigenvalue weighted by Crippen LogP contribution is 2.28. The quantitative estimate of drug-likeness (QED) is 0.683. The zero-order chi connectivity index (χ0) is 10.6. The molecule has 0 heterocycles. The molecule has 0 N–H and O–H groups in total. The lowest BCUT2D eigenvalue weighted by molar-refractivity contribution is 0.475. The second kappa shape index (κ2) is 4.84. The van der Waals surface area contributed by atoms with Gasteiger partial charge in [-0.05, 0) is 26.0 Å². The van der Waals surface area contributed by atoms with Gasteiger partial charge in [-0.1, -0.05) is 12.1 Å². The van der Waals surface area contributed by atoms with Crippen LogP contribution in [0.2, 0.25) is 0 Å². The van der Waals surface area contributed by atoms with Crippen molar-refractivity contribution in [2.24, 2.45) is 0 Å². The van der Waals surface area contributed by atoms with Crippen molar-refractivity contribution in [3.8, 4) is 0 Å². The minimum absolute atomic E-state index is 0.621. The Morgan fingerprint density at radius 2 is 1.57 bits per heavy atom. The van der Waals surface area contributed by atoms with E-state index in [1.807, 2.05) is 18.2 Å². The van der Waals surface area contributed by atoms with Crippen LogP contribution in [0.5, 0.6) is 0 Å². The average molecular weight is 196 g/mol. The van der Waals surface area contributed by atoms with Crippen molar-refractivity contribution in [3.05, 3.63) is 24.3 Å². The maximum absolute atomic E-state index is 13.1. The summed E-state index contributed by atoms with van der Waals surface area (Å²) in [5.74, 6) is 0. The van der Waals surface area contributed by atoms with Crippen molar-refractivity contribution >= 4 is 11.4 Å². The van der Waals surface area contributed by atoms with Crippen LogP contribution in [0.1, 0.15) is 13.8 Å². The van der Waals surface area contributed by atoms with Crippen LogP contribution < -0.4 is 10.0 Å². The number of benzene rings is 1. The fourth-order valence-corrected chi connectivity index (χ4v) is 1.56. The van der Waals surface area contributed by atoms with Crippen LogP contribution in [-0.4, -0.2) is 20.1 Å². The zero-order valence-corrected chi connectivity index (χ0v) is 9.00. The average Bonchev–Trinajstić information content (AvgIpc) is 2.20. The SMILES string of the molecule is CCN(CC)c1ccccc1N(C)F. The Labute approximate surface area is 84.9 Å². The second-order valence-corrected chi connectivity index (χ2v) is 3.14. The predicted molar refractivity (Wildman–Crippen MR) is 59.5 cm³/mol. The van der Waals surface area contributed by atoms with Crippen LogP contribution >= 0.6 is 0 Å². The summed E-state index contributed by atoms with van der Waals surface area (Å²) >= 11 is 0. The maximum Gasteiger partial charge on any atom is 0.0917 e. The van der Waals surface area contributed by atoms with E-state index in [2.05, 4.69) is 18.7 Å². The minimum Gasteiger partial charge on any atom is -0.370 e. The summed E-state index contributed by atoms with van der Waals surface area (Å²) in [6.45, 7) is 5.92. The number of anilines is 2. The van der Waals surface area contributed by atoms with Crippen molar-refractivity contribution in [1.29, 1.82) is 0 Å². The Balaban J connectivity index is 3.05. The first kappa shape index (κ1) is 10.8. The van der Waals surface area contributed by atoms with E-state index in [0.717, 1.165) is 18.8 Å². The zero-order valence-electron chi connectivity index (χ0n) is 9.00. The van der Waals surface area contributed by atoms with Crippen LogP contribution in [0.15, 0.2) is 24.3 Å². The summed E-state index contributed by atoms with van der Waals surface area (Å²) in [6.07, 6.45) is 0. The van der Waals surface area contributed by atoms with Crippen molar-refractivity contribution in [1.82, 2.24) is 0 Å². The number of para-hydroxylation sites is 2. The van der Waals surface area contributed by atoms with Crippen LogP contribution in [0.3, 0.4) is 0 Å². The van der Waals surface area contributed by atoms with Crippen molar-refractivity contribution in [3.63, 3.8) is 0 Å². The van der Waals surface area contributed by atoms with Gasteiger partial charge in [0.15, 0.2) is 0 Å². The van der Waals surface area contributed by atoms with Crippen LogP contribution in [-0.2, 0) is 0 Å². The number of halogens is 1. The van der Waals surface area contributed by atoms with Crippen molar-refractivity contribution in [2.75, 3.05) is 30.2 Å². The summed E-state index contributed by atoms with van der Waals surface area (Å²) in [4.78, 5) is 2.13. The molecule has 0 saturated heterocycles. The predicted octanol–water partition coefficient (Wildman–Crippen LogP) is 2.85. The molecule has 0 unspecified atom stereocenters. The number of nitrogens with zero attached hydrogens (tertiary/aromatic N) is 2. The lowest BCUT2D eigenvalue weighted by atomic mass is 10.2. The summed E-state index contributed by atoms with van der Waals surface area (Å²) in [6, 6.07) is 7.51. The van der Waals surface area contributed by atoms with Gasteiger partial charge in [0.1, 0.15) is 0 Å². The molecule has 1 aromatic carbocycles. The highest BCUT2D eigenvalue weighted by Gasteiger charge is 2.10. The summed E-state index contributed by atoms with van der Waals surface area (Å²) in [7, 11) is 1.42. The fraction of sp³-hybridized carbons (Fsp3) is 0.455. The van der Waals surface area contributed by atoms with Gasteiger partial charge in [0, 0.05) is 20.1 Å². The number of hydrogen-bond donors (Lipinski definition) is 0. The van der Waals surface area contributed by atoms with E-state index in [9.17, 15) is 4.48 Å². The second-order valence-electron chi connectivity index (χ2n) is 3.14. The monoisotopic (exact) mass is 196 g/mol. The summed E-state index contributed by atoms with van der Waals surface area (Å²) in [5.41, 5.74) is 1.57. The van der Waals surface area contributed by atoms with Gasteiger partial charge >= 0.3 is 0 Å². The van der Waals surface area contributed by atoms with Gasteiger partial charge in [-0.2, -0.15) is 0 Å². The molecule has 0 radical (unpaired) electrons. The van der Waals surface area contributed by atoms with Gasteiger partial charge in [-0.3, -0.25) is 0 Å². The first-order chi connectivity index (χ1) is 6.70. The number of hydrogen-bond acceptors (Lipinski definition) is 2. The molecule has 0 spiro atoms. The molecule has 0 aliphatic rings. The summed E-state index contributed by atoms with van der Waals surface area (Å²) < 4.78 is 13.1. The van der Waals surface area contributed by atoms with Gasteiger partial charge in [0.05, 0.1) is 11.4 Å². The van der Waals surface area contributed by atoms with Crippen molar-refractivity contribution in [2.45, 2.75) is 13.8 Å². The Kier molecular flexibility index (Phi) is 3.74. The molecule has 0 aliphatic carbocycles. The van der Waals surface area contributed by atoms with Gasteiger partial charge < -0.3 is 4.90 Å². The highest BCUT2D eigenvalue weighted by molar-refractivity contribution is 5.69. The van der Waals surface area contributed by atoms with E-state index < -0.39 is 0 Å². The first-order valence-corrected chi connectivity index (χ1v) is 4.94. The lowest BCUT2D eigenvalue weighted by Crippen LogP contribution is -2.23. The molecular weight excluding hydrogens is 179 g/mol. The molecule has 2 nitrogen and oxygen atoms in total. The lowest BCUT2D eigenvalue weighted by Gasteiger charge is -2.25. The normalized spacial score (nSPS) is 10.0. The van der Waals surface area contributed by atoms with E-state index in [4.69, 9.17) is 0 Å². The topological polar surface area (TPSA) is 6.48 Å². The molecule has 0 amide bonds. The van der Waals surface area contributed by atoms with Gasteiger partial charge in [-0.25, -0.2) is 5.12 Å². The van der Waals surface area contributed by atoms with E-state index in [1.165, 1.54) is 7.05 Å². The Morgan fingerprint density at radius 3 is 2.00 bits per heavy atom. The van der Waals surface area contributed by atoms with E-state index >= 15 is 0 Å². The number of rotatable bonds is 4. The van der Waals surface area contributed by atoms with Crippen LogP contribution in [0, 0.1) is 0 Å². The van der Waals surface area contributed by atoms with E-state index in [1.54, 1.807) is 6.07 Å². The van der Waals surface area contributed by atoms with E-state index in [0.29, 0.717) is 10.8 Å². The van der Waals surface area contributed by atoms with Gasteiger partial charge in [0.2, 0.25) is 0 Å². The maximum atomic E-state index is 13.1. The standard InChI is InChI=1S/C11H17FN2/c1-4-14(5-2)11-9-7-6-8-10(11)13(3)12/h6-9H,4-5H2,1-3H3. The molecular formula is C11H17FN2. The van der Waals surface area contributed by atoms with Gasteiger partial charge in [0.25, 0.3) is 0 Å². The third-order valence-electron chi connectivity index (χ3n) is 2.32. The minimum atomic E-state index is 0.621. The molecule has 0 saturated carbocycles. The Bertz CT molecular complexity index is 282. The molecule has 1 rings (SSSR count). The third kappa shape index (κ3) is 2.16. The molecule has 1 aromatic rings.